The molecule has 0 radical (unpaired) electrons. The second-order valence-corrected chi connectivity index (χ2v) is 3.96. The molecule has 5 nitrogen and oxygen atoms in total. The molecule has 0 saturated heterocycles. The van der Waals surface area contributed by atoms with E-state index >= 15 is 0 Å². The van der Waals surface area contributed by atoms with Gasteiger partial charge in [0.2, 0.25) is 5.91 Å². The zero-order valence-corrected chi connectivity index (χ0v) is 9.49. The van der Waals surface area contributed by atoms with Crippen molar-refractivity contribution in [2.75, 3.05) is 6.54 Å². The van der Waals surface area contributed by atoms with Gasteiger partial charge in [-0.2, -0.15) is 0 Å². The van der Waals surface area contributed by atoms with Gasteiger partial charge >= 0.3 is 5.97 Å². The number of carbonyl (C=O) groups is 2. The zero-order chi connectivity index (χ0) is 12.0. The van der Waals surface area contributed by atoms with Gasteiger partial charge in [-0.05, 0) is 12.3 Å². The number of hydrogen-bond acceptors (Lipinski definition) is 3. The predicted octanol–water partition coefficient (Wildman–Crippen LogP) is 0.197. The summed E-state index contributed by atoms with van der Waals surface area (Å²) in [5, 5.41) is 11.3. The number of carboxylic acids is 1. The van der Waals surface area contributed by atoms with E-state index in [1.807, 2.05) is 13.8 Å². The van der Waals surface area contributed by atoms with Crippen LogP contribution >= 0.6 is 0 Å². The van der Waals surface area contributed by atoms with Crippen molar-refractivity contribution >= 4 is 11.9 Å². The van der Waals surface area contributed by atoms with E-state index < -0.39 is 17.9 Å². The molecule has 4 N–H and O–H groups in total. The van der Waals surface area contributed by atoms with Gasteiger partial charge in [0.1, 0.15) is 0 Å². The number of nitrogens with two attached hydrogens (primary N) is 1. The monoisotopic (exact) mass is 216 g/mol. The number of nitrogens with one attached hydrogen (secondary N) is 1. The van der Waals surface area contributed by atoms with Gasteiger partial charge in [-0.1, -0.05) is 20.8 Å². The minimum Gasteiger partial charge on any atom is -0.481 e. The first-order chi connectivity index (χ1) is 6.90. The van der Waals surface area contributed by atoms with Gasteiger partial charge in [0.25, 0.3) is 0 Å². The first-order valence-corrected chi connectivity index (χ1v) is 5.16. The Bertz CT molecular complexity index is 229. The predicted molar refractivity (Wildman–Crippen MR) is 57.2 cm³/mol. The van der Waals surface area contributed by atoms with Crippen LogP contribution in [0.4, 0.5) is 0 Å². The van der Waals surface area contributed by atoms with Gasteiger partial charge < -0.3 is 16.2 Å². The highest BCUT2D eigenvalue weighted by Gasteiger charge is 2.20. The number of carboxylic acid groups (broad SMARTS) is 1. The van der Waals surface area contributed by atoms with E-state index in [1.165, 1.54) is 0 Å². The second kappa shape index (κ2) is 6.40. The summed E-state index contributed by atoms with van der Waals surface area (Å²) in [6, 6.07) is -0.573. The Hall–Kier alpha value is -1.10. The molecule has 0 aromatic rings. The molecular weight excluding hydrogens is 196 g/mol. The number of amides is 1. The smallest absolute Gasteiger partial charge is 0.308 e. The molecule has 0 heterocycles. The molecule has 0 aliphatic carbocycles. The molecule has 15 heavy (non-hydrogen) atoms. The lowest BCUT2D eigenvalue weighted by Gasteiger charge is -2.17. The van der Waals surface area contributed by atoms with Gasteiger partial charge in [-0.25, -0.2) is 0 Å². The van der Waals surface area contributed by atoms with Gasteiger partial charge in [-0.15, -0.1) is 0 Å². The molecular formula is C10H20N2O3. The topological polar surface area (TPSA) is 92.4 Å². The molecule has 0 saturated carbocycles. The lowest BCUT2D eigenvalue weighted by atomic mass is 10.0. The average molecular weight is 216 g/mol. The molecule has 0 aromatic heterocycles. The van der Waals surface area contributed by atoms with Gasteiger partial charge in [0.05, 0.1) is 12.0 Å². The second-order valence-electron chi connectivity index (χ2n) is 3.96. The molecule has 0 aliphatic heterocycles. The summed E-state index contributed by atoms with van der Waals surface area (Å²) in [4.78, 5) is 22.1. The van der Waals surface area contributed by atoms with Crippen molar-refractivity contribution in [2.45, 2.75) is 33.2 Å². The third kappa shape index (κ3) is 4.78. The number of hydrogen-bond donors (Lipinski definition) is 3. The van der Waals surface area contributed by atoms with Crippen molar-refractivity contribution < 1.29 is 14.7 Å². The molecule has 1 amide bonds. The first kappa shape index (κ1) is 13.9. The fourth-order valence-electron chi connectivity index (χ4n) is 1.05. The van der Waals surface area contributed by atoms with Crippen LogP contribution in [0.1, 0.15) is 27.2 Å². The third-order valence-corrected chi connectivity index (χ3v) is 2.39. The Morgan fingerprint density at radius 1 is 1.40 bits per heavy atom. The normalized spacial score (nSPS) is 14.7. The summed E-state index contributed by atoms with van der Waals surface area (Å²) in [5.41, 5.74) is 5.60. The highest BCUT2D eigenvalue weighted by atomic mass is 16.4. The Morgan fingerprint density at radius 2 is 1.93 bits per heavy atom. The molecule has 0 aromatic carbocycles. The van der Waals surface area contributed by atoms with Crippen molar-refractivity contribution in [1.29, 1.82) is 0 Å². The maximum atomic E-state index is 11.4. The SMILES string of the molecule is CCC(CNC(=O)[C@@H](N)C(C)C)C(=O)O. The van der Waals surface area contributed by atoms with Crippen LogP contribution < -0.4 is 11.1 Å². The molecule has 0 spiro atoms. The largest absolute Gasteiger partial charge is 0.481 e. The fraction of sp³-hybridized carbons (Fsp3) is 0.800. The van der Waals surface area contributed by atoms with Crippen LogP contribution in [-0.4, -0.2) is 29.6 Å². The van der Waals surface area contributed by atoms with Gasteiger partial charge in [-0.3, -0.25) is 9.59 Å². The van der Waals surface area contributed by atoms with E-state index in [1.54, 1.807) is 6.92 Å². The average Bonchev–Trinajstić information content (AvgIpc) is 2.16. The number of rotatable bonds is 6. The lowest BCUT2D eigenvalue weighted by Crippen LogP contribution is -2.46. The Balaban J connectivity index is 4.04. The summed E-state index contributed by atoms with van der Waals surface area (Å²) in [6.07, 6.45) is 0.493. The van der Waals surface area contributed by atoms with E-state index in [0.29, 0.717) is 6.42 Å². The van der Waals surface area contributed by atoms with Crippen LogP contribution in [0.2, 0.25) is 0 Å². The molecule has 0 aliphatic rings. The quantitative estimate of drug-likeness (QED) is 0.591. The minimum atomic E-state index is -0.893. The molecule has 0 fully saturated rings. The molecule has 0 rings (SSSR count). The van der Waals surface area contributed by atoms with E-state index in [2.05, 4.69) is 5.32 Å². The summed E-state index contributed by atoms with van der Waals surface area (Å²) < 4.78 is 0. The van der Waals surface area contributed by atoms with Gasteiger partial charge in [0, 0.05) is 6.54 Å². The molecule has 0 bridgehead atoms. The molecule has 5 heteroatoms. The van der Waals surface area contributed by atoms with Crippen molar-refractivity contribution in [2.24, 2.45) is 17.6 Å². The maximum Gasteiger partial charge on any atom is 0.308 e. The molecule has 88 valence electrons. The van der Waals surface area contributed by atoms with Crippen molar-refractivity contribution in [3.63, 3.8) is 0 Å². The summed E-state index contributed by atoms with van der Waals surface area (Å²) in [5.74, 6) is -1.66. The van der Waals surface area contributed by atoms with E-state index in [-0.39, 0.29) is 18.4 Å². The van der Waals surface area contributed by atoms with E-state index in [4.69, 9.17) is 10.8 Å². The zero-order valence-electron chi connectivity index (χ0n) is 9.49. The van der Waals surface area contributed by atoms with Crippen LogP contribution in [0.5, 0.6) is 0 Å². The highest BCUT2D eigenvalue weighted by molar-refractivity contribution is 5.82. The van der Waals surface area contributed by atoms with Crippen LogP contribution in [0, 0.1) is 11.8 Å². The Kier molecular flexibility index (Phi) is 5.93. The lowest BCUT2D eigenvalue weighted by molar-refractivity contribution is -0.141. The third-order valence-electron chi connectivity index (χ3n) is 2.39. The van der Waals surface area contributed by atoms with Crippen LogP contribution in [-0.2, 0) is 9.59 Å². The first-order valence-electron chi connectivity index (χ1n) is 5.16. The number of carbonyl (C=O) groups excluding carboxylic acids is 1. The standard InChI is InChI=1S/C10H20N2O3/c1-4-7(10(14)15)5-12-9(13)8(11)6(2)3/h6-8H,4-5,11H2,1-3H3,(H,12,13)(H,14,15)/t7?,8-/m0/s1. The van der Waals surface area contributed by atoms with Gasteiger partial charge in [0.15, 0.2) is 0 Å². The highest BCUT2D eigenvalue weighted by Crippen LogP contribution is 2.02. The fourth-order valence-corrected chi connectivity index (χ4v) is 1.05. The maximum absolute atomic E-state index is 11.4. The van der Waals surface area contributed by atoms with Crippen molar-refractivity contribution in [3.8, 4) is 0 Å². The van der Waals surface area contributed by atoms with Crippen molar-refractivity contribution in [1.82, 2.24) is 5.32 Å². The summed E-state index contributed by atoms with van der Waals surface area (Å²) in [6.45, 7) is 5.61. The molecule has 1 unspecified atom stereocenters. The number of aliphatic carboxylic acids is 1. The Morgan fingerprint density at radius 3 is 2.27 bits per heavy atom. The van der Waals surface area contributed by atoms with Crippen molar-refractivity contribution in [3.05, 3.63) is 0 Å². The molecule has 2 atom stereocenters. The Labute approximate surface area is 90.0 Å². The van der Waals surface area contributed by atoms with Crippen LogP contribution in [0.25, 0.3) is 0 Å². The van der Waals surface area contributed by atoms with Crippen LogP contribution in [0.3, 0.4) is 0 Å². The van der Waals surface area contributed by atoms with Crippen LogP contribution in [0.15, 0.2) is 0 Å². The minimum absolute atomic E-state index is 0.0508. The van der Waals surface area contributed by atoms with E-state index in [0.717, 1.165) is 0 Å². The van der Waals surface area contributed by atoms with E-state index in [9.17, 15) is 9.59 Å². The summed E-state index contributed by atoms with van der Waals surface area (Å²) in [7, 11) is 0. The summed E-state index contributed by atoms with van der Waals surface area (Å²) >= 11 is 0.